The average Bonchev–Trinajstić information content (AvgIpc) is 3.59. The second-order valence-corrected chi connectivity index (χ2v) is 21.4. The van der Waals surface area contributed by atoms with Gasteiger partial charge in [0, 0.05) is 102 Å². The Hall–Kier alpha value is -5.17. The van der Waals surface area contributed by atoms with Gasteiger partial charge in [-0.2, -0.15) is 0 Å². The topological polar surface area (TPSA) is 169 Å². The molecule has 2 N–H and O–H groups in total. The van der Waals surface area contributed by atoms with E-state index in [1.54, 1.807) is 18.3 Å². The minimum Gasteiger partial charge on any atom is -0.464 e. The number of cyclic esters (lactones) is 1. The van der Waals surface area contributed by atoms with Crippen LogP contribution in [0.4, 0.5) is 0 Å². The van der Waals surface area contributed by atoms with Crippen LogP contribution >= 0.6 is 11.3 Å². The maximum Gasteiger partial charge on any atom is 0.324 e. The van der Waals surface area contributed by atoms with Gasteiger partial charge in [0.1, 0.15) is 23.4 Å². The molecule has 4 saturated heterocycles. The molecule has 1 saturated carbocycles. The smallest absolute Gasteiger partial charge is 0.324 e. The van der Waals surface area contributed by atoms with Crippen molar-refractivity contribution < 1.29 is 28.6 Å². The first-order valence-corrected chi connectivity index (χ1v) is 24.7. The molecule has 1 aromatic carbocycles. The Labute approximate surface area is 394 Å². The predicted molar refractivity (Wildman–Crippen MR) is 252 cm³/mol. The third-order valence-corrected chi connectivity index (χ3v) is 16.5. The third-order valence-electron chi connectivity index (χ3n) is 15.6. The van der Waals surface area contributed by atoms with Crippen LogP contribution in [0.15, 0.2) is 60.5 Å². The van der Waals surface area contributed by atoms with Gasteiger partial charge in [0.15, 0.2) is 0 Å². The average molecular weight is 929 g/mol. The Morgan fingerprint density at radius 2 is 1.93 bits per heavy atom. The van der Waals surface area contributed by atoms with Gasteiger partial charge < -0.3 is 24.1 Å². The van der Waals surface area contributed by atoms with Crippen LogP contribution in [0.5, 0.6) is 0 Å². The first-order chi connectivity index (χ1) is 32.3. The van der Waals surface area contributed by atoms with Crippen molar-refractivity contribution in [3.8, 4) is 22.5 Å². The van der Waals surface area contributed by atoms with Crippen molar-refractivity contribution in [1.82, 2.24) is 50.1 Å². The number of aromatic nitrogens is 5. The molecule has 0 radical (unpaired) electrons. The number of amides is 2. The van der Waals surface area contributed by atoms with Crippen molar-refractivity contribution in [1.29, 1.82) is 0 Å². The second kappa shape index (κ2) is 17.1. The van der Waals surface area contributed by atoms with E-state index in [4.69, 9.17) is 24.2 Å². The lowest BCUT2D eigenvalue weighted by Gasteiger charge is -2.63. The molecule has 352 valence electrons. The lowest BCUT2D eigenvalue weighted by atomic mass is 9.76. The number of nitrogens with one attached hydrogen (secondary N) is 2. The number of hydrogen-bond acceptors (Lipinski definition) is 14. The van der Waals surface area contributed by atoms with Gasteiger partial charge in [0.2, 0.25) is 5.91 Å². The second-order valence-electron chi connectivity index (χ2n) is 20.5. The number of likely N-dealkylation sites (tertiary alicyclic amines) is 2. The Balaban J connectivity index is 1.05. The van der Waals surface area contributed by atoms with Gasteiger partial charge in [-0.05, 0) is 81.5 Å². The number of rotatable bonds is 8. The fraction of sp³-hybridized carbons (Fsp3) is 0.540. The molecular weight excluding hydrogens is 869 g/mol. The van der Waals surface area contributed by atoms with Gasteiger partial charge in [-0.15, -0.1) is 11.3 Å². The summed E-state index contributed by atoms with van der Waals surface area (Å²) in [5.74, 6) is -1.34. The van der Waals surface area contributed by atoms with E-state index in [9.17, 15) is 9.59 Å². The summed E-state index contributed by atoms with van der Waals surface area (Å²) in [6.07, 6.45) is 7.51. The summed E-state index contributed by atoms with van der Waals surface area (Å²) in [7, 11) is 3.86. The number of hydrogen-bond donors (Lipinski definition) is 2. The van der Waals surface area contributed by atoms with Gasteiger partial charge in [-0.1, -0.05) is 26.8 Å². The predicted octanol–water partition coefficient (Wildman–Crippen LogP) is 5.48. The molecule has 17 heteroatoms. The third kappa shape index (κ3) is 7.75. The monoisotopic (exact) mass is 928 g/mol. The number of pyridine rings is 1. The summed E-state index contributed by atoms with van der Waals surface area (Å²) in [5, 5.41) is 8.77. The van der Waals surface area contributed by atoms with Gasteiger partial charge in [0.05, 0.1) is 55.1 Å². The highest BCUT2D eigenvalue weighted by Gasteiger charge is 2.58. The van der Waals surface area contributed by atoms with E-state index in [0.717, 1.165) is 81.4 Å². The number of carbonyl (C=O) groups is 3. The minimum atomic E-state index is -1.01. The van der Waals surface area contributed by atoms with Gasteiger partial charge in [-0.3, -0.25) is 34.2 Å². The van der Waals surface area contributed by atoms with Gasteiger partial charge in [-0.25, -0.2) is 20.4 Å². The minimum absolute atomic E-state index is 0.0196. The molecule has 1 aliphatic carbocycles. The van der Waals surface area contributed by atoms with Crippen molar-refractivity contribution in [3.63, 3.8) is 0 Å². The highest BCUT2D eigenvalue weighted by Crippen LogP contribution is 2.53. The number of likely N-dealkylation sites (N-methyl/N-ethyl adjacent to an activating group) is 1. The van der Waals surface area contributed by atoms with Crippen LogP contribution in [-0.4, -0.2) is 135 Å². The van der Waals surface area contributed by atoms with Crippen molar-refractivity contribution in [2.45, 2.75) is 95.1 Å². The van der Waals surface area contributed by atoms with Crippen molar-refractivity contribution >= 4 is 40.0 Å². The van der Waals surface area contributed by atoms with Crippen LogP contribution < -0.4 is 10.7 Å². The molecule has 5 aromatic rings. The van der Waals surface area contributed by atoms with Crippen molar-refractivity contribution in [2.75, 3.05) is 60.2 Å². The van der Waals surface area contributed by atoms with Crippen LogP contribution in [0, 0.1) is 17.3 Å². The molecule has 0 unspecified atom stereocenters. The van der Waals surface area contributed by atoms with Crippen molar-refractivity contribution in [2.24, 2.45) is 17.3 Å². The highest BCUT2D eigenvalue weighted by atomic mass is 32.1. The summed E-state index contributed by atoms with van der Waals surface area (Å²) < 4.78 is 20.4. The van der Waals surface area contributed by atoms with E-state index in [2.05, 4.69) is 92.5 Å². The molecule has 5 fully saturated rings. The Morgan fingerprint density at radius 3 is 2.64 bits per heavy atom. The summed E-state index contributed by atoms with van der Waals surface area (Å²) in [5.41, 5.74) is 10.4. The number of hydrazine groups is 1. The molecular formula is C50H60N10O6S. The zero-order chi connectivity index (χ0) is 46.4. The van der Waals surface area contributed by atoms with Crippen LogP contribution in [0.2, 0.25) is 0 Å². The molecule has 67 heavy (non-hydrogen) atoms. The summed E-state index contributed by atoms with van der Waals surface area (Å²) in [4.78, 5) is 67.7. The number of carbonyl (C=O) groups excluding carboxylic acids is 3. The van der Waals surface area contributed by atoms with E-state index in [1.807, 2.05) is 25.3 Å². The van der Waals surface area contributed by atoms with Gasteiger partial charge >= 0.3 is 5.97 Å². The highest BCUT2D eigenvalue weighted by molar-refractivity contribution is 7.10. The number of methoxy groups -OCH3 is 1. The van der Waals surface area contributed by atoms with Crippen LogP contribution in [-0.2, 0) is 35.0 Å². The van der Waals surface area contributed by atoms with Gasteiger partial charge in [0.25, 0.3) is 5.91 Å². The molecule has 2 amide bonds. The molecule has 4 aromatic heterocycles. The Kier molecular flexibility index (Phi) is 11.3. The number of benzene rings is 1. The van der Waals surface area contributed by atoms with Crippen LogP contribution in [0.3, 0.4) is 0 Å². The van der Waals surface area contributed by atoms with E-state index < -0.39 is 29.5 Å². The largest absolute Gasteiger partial charge is 0.464 e. The van der Waals surface area contributed by atoms with Crippen LogP contribution in [0.1, 0.15) is 93.0 Å². The number of fused-ring (bicyclic) bond motifs is 6. The molecule has 16 nitrogen and oxygen atoms in total. The molecule has 6 bridgehead atoms. The zero-order valence-corrected chi connectivity index (χ0v) is 39.9. The molecule has 6 aliphatic rings. The Bertz CT molecular complexity index is 2710. The van der Waals surface area contributed by atoms with E-state index in [-0.39, 0.29) is 53.9 Å². The molecule has 11 rings (SSSR count). The first kappa shape index (κ1) is 44.3. The standard InChI is InChI=1S/C50H60N10O6S/c1-28-39(35-13-16-51-27-53-35)40(28)45(61)55-42-44(58-24-50(25-58)14-18-57(50)5)46-54-37(23-67-46)30-11-12-38-33(19-30)34(20-49(3,4)26-66-48(63)36-10-8-17-59(56-36)47(42)62)43(60(38)31-21-65-22-31)32-9-7-15-52-41(32)29(2)64-6/h7,9,11-13,15-16,19,23,27-29,31,36,39-40,42,44,56H,8,10,14,17-18,20-22,24-26H2,1-6H3,(H,55,61)/t28-,29-,36-,39-,40+,42-,44-/m0/s1. The maximum atomic E-state index is 15.3. The molecule has 7 atom stereocenters. The fourth-order valence-corrected chi connectivity index (χ4v) is 12.4. The van der Waals surface area contributed by atoms with E-state index in [0.29, 0.717) is 39.0 Å². The van der Waals surface area contributed by atoms with Crippen LogP contribution in [0.25, 0.3) is 33.4 Å². The first-order valence-electron chi connectivity index (χ1n) is 23.8. The molecule has 9 heterocycles. The maximum absolute atomic E-state index is 15.3. The number of thiazole rings is 1. The summed E-state index contributed by atoms with van der Waals surface area (Å²) in [6, 6.07) is 10.3. The SMILES string of the molecule is CO[C@@H](C)c1ncccc1-c1c2c3cc(ccc3n1C1COC1)-c1csc(n1)[C@@H](N1CC3(CCN3C)C1)[C@H](NC(=O)[C@@H]1[C@@H](C)[C@H]1c1ccncn1)C(=O)N1CCC[C@H](N1)C(=O)OCC(C)(C)C2. The number of nitrogens with zero attached hydrogens (tertiary/aromatic N) is 8. The quantitative estimate of drug-likeness (QED) is 0.188. The zero-order valence-electron chi connectivity index (χ0n) is 39.1. The fourth-order valence-electron chi connectivity index (χ4n) is 11.4. The number of esters is 1. The lowest BCUT2D eigenvalue weighted by Crippen LogP contribution is -2.77. The summed E-state index contributed by atoms with van der Waals surface area (Å²) >= 11 is 1.52. The van der Waals surface area contributed by atoms with E-state index >= 15 is 4.79 Å². The normalized spacial score (nSPS) is 27.9. The Morgan fingerprint density at radius 1 is 1.09 bits per heavy atom. The summed E-state index contributed by atoms with van der Waals surface area (Å²) in [6.45, 7) is 12.5. The lowest BCUT2D eigenvalue weighted by molar-refractivity contribution is -0.159. The van der Waals surface area contributed by atoms with Crippen molar-refractivity contribution in [3.05, 3.63) is 82.5 Å². The molecule has 5 aliphatic heterocycles. The number of ether oxygens (including phenoxy) is 3. The molecule has 1 spiro atoms. The van der Waals surface area contributed by atoms with E-state index in [1.165, 1.54) is 17.7 Å².